The second-order valence-electron chi connectivity index (χ2n) is 4.39. The molecule has 0 fully saturated rings. The van der Waals surface area contributed by atoms with Crippen molar-refractivity contribution in [2.24, 2.45) is 0 Å². The van der Waals surface area contributed by atoms with Gasteiger partial charge in [-0.15, -0.1) is 11.3 Å². The van der Waals surface area contributed by atoms with Gasteiger partial charge >= 0.3 is 0 Å². The van der Waals surface area contributed by atoms with Crippen molar-refractivity contribution in [2.45, 2.75) is 32.6 Å². The van der Waals surface area contributed by atoms with E-state index in [0.29, 0.717) is 11.1 Å². The summed E-state index contributed by atoms with van der Waals surface area (Å²) < 4.78 is 0. The largest absolute Gasteiger partial charge is 0.369 e. The van der Waals surface area contributed by atoms with Crippen molar-refractivity contribution in [3.8, 4) is 0 Å². The van der Waals surface area contributed by atoms with Gasteiger partial charge in [-0.25, -0.2) is 15.0 Å². The molecule has 0 aliphatic carbocycles. The molecule has 0 saturated carbocycles. The molecule has 6 heteroatoms. The van der Waals surface area contributed by atoms with E-state index >= 15 is 0 Å². The lowest BCUT2D eigenvalue weighted by Gasteiger charge is -2.11. The van der Waals surface area contributed by atoms with Crippen molar-refractivity contribution in [2.75, 3.05) is 11.9 Å². The lowest BCUT2D eigenvalue weighted by Crippen LogP contribution is -2.11. The number of halogens is 1. The van der Waals surface area contributed by atoms with E-state index in [1.165, 1.54) is 0 Å². The normalized spacial score (nSPS) is 12.4. The molecule has 0 radical (unpaired) electrons. The molecule has 2 heterocycles. The Balaban J connectivity index is 1.99. The summed E-state index contributed by atoms with van der Waals surface area (Å²) in [6, 6.07) is 1.76. The fourth-order valence-electron chi connectivity index (χ4n) is 1.71. The van der Waals surface area contributed by atoms with E-state index in [2.05, 4.69) is 34.1 Å². The Kier molecular flexibility index (Phi) is 5.10. The van der Waals surface area contributed by atoms with E-state index in [1.54, 1.807) is 17.4 Å². The first-order valence-corrected chi connectivity index (χ1v) is 7.61. The van der Waals surface area contributed by atoms with Gasteiger partial charge in [0.05, 0.1) is 5.01 Å². The fraction of sp³-hybridized carbons (Fsp3) is 0.462. The molecule has 0 amide bonds. The third kappa shape index (κ3) is 4.14. The molecule has 2 aromatic heterocycles. The van der Waals surface area contributed by atoms with Gasteiger partial charge in [0.25, 0.3) is 0 Å². The van der Waals surface area contributed by atoms with Gasteiger partial charge in [0.1, 0.15) is 16.8 Å². The lowest BCUT2D eigenvalue weighted by molar-refractivity contribution is 0.784. The first-order chi connectivity index (χ1) is 9.19. The molecule has 0 aliphatic rings. The van der Waals surface area contributed by atoms with Gasteiger partial charge in [-0.2, -0.15) is 0 Å². The molecule has 19 heavy (non-hydrogen) atoms. The number of nitrogens with zero attached hydrogens (tertiary/aromatic N) is 3. The van der Waals surface area contributed by atoms with E-state index in [4.69, 9.17) is 11.6 Å². The average Bonchev–Trinajstić information content (AvgIpc) is 2.89. The maximum absolute atomic E-state index is 6.00. The minimum Gasteiger partial charge on any atom is -0.369 e. The number of hydrogen-bond donors (Lipinski definition) is 1. The monoisotopic (exact) mass is 296 g/mol. The molecule has 1 N–H and O–H groups in total. The SMILES string of the molecule is CCCc1nc(Cl)cc(NCC(C)c2nccs2)n1. The summed E-state index contributed by atoms with van der Waals surface area (Å²) in [6.45, 7) is 5.02. The highest BCUT2D eigenvalue weighted by molar-refractivity contribution is 7.09. The van der Waals surface area contributed by atoms with Crippen molar-refractivity contribution < 1.29 is 0 Å². The van der Waals surface area contributed by atoms with E-state index in [1.807, 2.05) is 11.6 Å². The lowest BCUT2D eigenvalue weighted by atomic mass is 10.2. The molecule has 0 aliphatic heterocycles. The number of anilines is 1. The first kappa shape index (κ1) is 14.2. The van der Waals surface area contributed by atoms with Crippen LogP contribution in [-0.4, -0.2) is 21.5 Å². The highest BCUT2D eigenvalue weighted by Gasteiger charge is 2.09. The summed E-state index contributed by atoms with van der Waals surface area (Å²) >= 11 is 7.67. The third-order valence-electron chi connectivity index (χ3n) is 2.68. The van der Waals surface area contributed by atoms with Gasteiger partial charge in [0.15, 0.2) is 0 Å². The number of aryl methyl sites for hydroxylation is 1. The summed E-state index contributed by atoms with van der Waals surface area (Å²) in [5.41, 5.74) is 0. The van der Waals surface area contributed by atoms with E-state index in [0.717, 1.165) is 36.0 Å². The van der Waals surface area contributed by atoms with Crippen molar-refractivity contribution >= 4 is 28.8 Å². The second kappa shape index (κ2) is 6.82. The zero-order valence-electron chi connectivity index (χ0n) is 11.1. The minimum absolute atomic E-state index is 0.350. The Morgan fingerprint density at radius 2 is 2.26 bits per heavy atom. The summed E-state index contributed by atoms with van der Waals surface area (Å²) in [4.78, 5) is 13.0. The number of thiazole rings is 1. The van der Waals surface area contributed by atoms with Gasteiger partial charge in [-0.3, -0.25) is 0 Å². The molecule has 0 bridgehead atoms. The number of hydrogen-bond acceptors (Lipinski definition) is 5. The summed E-state index contributed by atoms with van der Waals surface area (Å²) in [5, 5.41) is 6.91. The first-order valence-electron chi connectivity index (χ1n) is 6.35. The van der Waals surface area contributed by atoms with Crippen LogP contribution in [0.4, 0.5) is 5.82 Å². The van der Waals surface area contributed by atoms with Crippen molar-refractivity contribution in [3.05, 3.63) is 33.6 Å². The molecule has 0 aromatic carbocycles. The summed E-state index contributed by atoms with van der Waals surface area (Å²) in [7, 11) is 0. The number of nitrogens with one attached hydrogen (secondary N) is 1. The van der Waals surface area contributed by atoms with E-state index in [-0.39, 0.29) is 0 Å². The van der Waals surface area contributed by atoms with Crippen molar-refractivity contribution in [1.29, 1.82) is 0 Å². The molecule has 2 aromatic rings. The molecule has 2 rings (SSSR count). The molecule has 1 atom stereocenters. The summed E-state index contributed by atoms with van der Waals surface area (Å²) in [5.74, 6) is 1.93. The van der Waals surface area contributed by atoms with Gasteiger partial charge in [-0.05, 0) is 6.42 Å². The van der Waals surface area contributed by atoms with E-state index < -0.39 is 0 Å². The van der Waals surface area contributed by atoms with Gasteiger partial charge in [0.2, 0.25) is 0 Å². The quantitative estimate of drug-likeness (QED) is 0.825. The predicted molar refractivity (Wildman–Crippen MR) is 80.1 cm³/mol. The maximum atomic E-state index is 6.00. The molecule has 0 spiro atoms. The predicted octanol–water partition coefficient (Wildman–Crippen LogP) is 3.75. The van der Waals surface area contributed by atoms with Crippen LogP contribution in [0.15, 0.2) is 17.6 Å². The molecule has 0 saturated heterocycles. The topological polar surface area (TPSA) is 50.7 Å². The van der Waals surface area contributed by atoms with Gasteiger partial charge in [-0.1, -0.05) is 25.4 Å². The maximum Gasteiger partial charge on any atom is 0.134 e. The number of rotatable bonds is 6. The Labute approximate surface area is 122 Å². The molecular formula is C13H17ClN4S. The highest BCUT2D eigenvalue weighted by Crippen LogP contribution is 2.19. The second-order valence-corrected chi connectivity index (χ2v) is 5.71. The molecule has 102 valence electrons. The van der Waals surface area contributed by atoms with Crippen LogP contribution in [0.3, 0.4) is 0 Å². The smallest absolute Gasteiger partial charge is 0.134 e. The Morgan fingerprint density at radius 3 is 2.95 bits per heavy atom. The Bertz CT molecular complexity index is 515. The van der Waals surface area contributed by atoms with Crippen LogP contribution in [0.2, 0.25) is 5.15 Å². The van der Waals surface area contributed by atoms with Crippen molar-refractivity contribution in [3.63, 3.8) is 0 Å². The Morgan fingerprint density at radius 1 is 1.42 bits per heavy atom. The standard InChI is InChI=1S/C13H17ClN4S/c1-3-4-11-17-10(14)7-12(18-11)16-8-9(2)13-15-5-6-19-13/h5-7,9H,3-4,8H2,1-2H3,(H,16,17,18). The number of aromatic nitrogens is 3. The van der Waals surface area contributed by atoms with Crippen LogP contribution in [0.25, 0.3) is 0 Å². The average molecular weight is 297 g/mol. The van der Waals surface area contributed by atoms with Crippen molar-refractivity contribution in [1.82, 2.24) is 15.0 Å². The third-order valence-corrected chi connectivity index (χ3v) is 3.88. The summed E-state index contributed by atoms with van der Waals surface area (Å²) in [6.07, 6.45) is 3.68. The zero-order valence-corrected chi connectivity index (χ0v) is 12.6. The zero-order chi connectivity index (χ0) is 13.7. The van der Waals surface area contributed by atoms with Crippen LogP contribution in [0.5, 0.6) is 0 Å². The van der Waals surface area contributed by atoms with Crippen LogP contribution < -0.4 is 5.32 Å². The van der Waals surface area contributed by atoms with E-state index in [9.17, 15) is 0 Å². The molecule has 4 nitrogen and oxygen atoms in total. The molecule has 1 unspecified atom stereocenters. The van der Waals surface area contributed by atoms with Crippen LogP contribution in [0, 0.1) is 0 Å². The van der Waals surface area contributed by atoms with Crippen LogP contribution >= 0.6 is 22.9 Å². The van der Waals surface area contributed by atoms with Crippen LogP contribution in [-0.2, 0) is 6.42 Å². The molecular weight excluding hydrogens is 280 g/mol. The fourth-order valence-corrected chi connectivity index (χ4v) is 2.61. The Hall–Kier alpha value is -1.20. The van der Waals surface area contributed by atoms with Gasteiger partial charge in [0, 0.05) is 36.5 Å². The van der Waals surface area contributed by atoms with Gasteiger partial charge < -0.3 is 5.32 Å². The highest BCUT2D eigenvalue weighted by atomic mass is 35.5. The minimum atomic E-state index is 0.350. The van der Waals surface area contributed by atoms with Crippen LogP contribution in [0.1, 0.15) is 37.0 Å².